The standard InChI is InChI=1S/C28H23F3N8O.C2HF3O2/c1-16-3-4-19(36-26(40)22-12-18(5-6-32-22)28(29,30)31)13-20(16)21-11-17-15-35-24(37-27-34-7-9-38(27)2)14-23(17)39-10-8-33-25(21)39;3-2(4,5)1(6)7/h3-7,9,11-15H,8,10H2,1-2H3,(H,36,40)(H,34,35,37);(H,6,7). The van der Waals surface area contributed by atoms with Crippen LogP contribution in [0.1, 0.15) is 32.7 Å². The van der Waals surface area contributed by atoms with Gasteiger partial charge in [0.2, 0.25) is 5.95 Å². The molecular weight excluding hydrogens is 634 g/mol. The number of nitrogens with one attached hydrogen (secondary N) is 2. The molecular formula is C30H24F6N8O3. The van der Waals surface area contributed by atoms with Crippen LogP contribution in [-0.4, -0.2) is 61.6 Å². The fourth-order valence-electron chi connectivity index (χ4n) is 4.72. The molecule has 0 radical (unpaired) electrons. The number of aromatic nitrogens is 4. The Labute approximate surface area is 262 Å². The van der Waals surface area contributed by atoms with Crippen molar-refractivity contribution in [2.75, 3.05) is 28.6 Å². The molecule has 244 valence electrons. The number of carboxylic acid groups (broad SMARTS) is 1. The molecule has 3 N–H and O–H groups in total. The predicted molar refractivity (Wildman–Crippen MR) is 160 cm³/mol. The Morgan fingerprint density at radius 3 is 2.38 bits per heavy atom. The van der Waals surface area contributed by atoms with Gasteiger partial charge in [0, 0.05) is 61.3 Å². The summed E-state index contributed by atoms with van der Waals surface area (Å²) in [4.78, 5) is 41.2. The minimum Gasteiger partial charge on any atom is -0.475 e. The van der Waals surface area contributed by atoms with Crippen molar-refractivity contribution in [3.05, 3.63) is 89.1 Å². The lowest BCUT2D eigenvalue weighted by molar-refractivity contribution is -0.192. The van der Waals surface area contributed by atoms with Gasteiger partial charge < -0.3 is 25.2 Å². The number of fused-ring (bicyclic) bond motifs is 3. The third-order valence-corrected chi connectivity index (χ3v) is 6.99. The van der Waals surface area contributed by atoms with Gasteiger partial charge in [0.15, 0.2) is 0 Å². The third kappa shape index (κ3) is 7.23. The molecule has 0 atom stereocenters. The van der Waals surface area contributed by atoms with Crippen molar-refractivity contribution >= 4 is 52.5 Å². The summed E-state index contributed by atoms with van der Waals surface area (Å²) in [6.45, 7) is 3.26. The van der Waals surface area contributed by atoms with Gasteiger partial charge in [-0.3, -0.25) is 14.8 Å². The van der Waals surface area contributed by atoms with Gasteiger partial charge in [-0.05, 0) is 48.4 Å². The minimum absolute atomic E-state index is 0.324. The molecule has 0 spiro atoms. The summed E-state index contributed by atoms with van der Waals surface area (Å²) < 4.78 is 72.9. The fraction of sp³-hybridized carbons (Fsp3) is 0.200. The molecule has 0 fully saturated rings. The van der Waals surface area contributed by atoms with E-state index >= 15 is 0 Å². The van der Waals surface area contributed by atoms with Crippen molar-refractivity contribution in [1.29, 1.82) is 0 Å². The number of aliphatic imine (C=N–C) groups is 1. The molecule has 0 saturated carbocycles. The fourth-order valence-corrected chi connectivity index (χ4v) is 4.72. The van der Waals surface area contributed by atoms with Crippen LogP contribution in [0.2, 0.25) is 0 Å². The first-order valence-corrected chi connectivity index (χ1v) is 13.7. The van der Waals surface area contributed by atoms with E-state index in [1.54, 1.807) is 24.5 Å². The van der Waals surface area contributed by atoms with Crippen LogP contribution in [-0.2, 0) is 18.0 Å². The summed E-state index contributed by atoms with van der Waals surface area (Å²) in [6.07, 6.45) is -1.34. The maximum atomic E-state index is 13.1. The van der Waals surface area contributed by atoms with Gasteiger partial charge in [-0.25, -0.2) is 14.8 Å². The van der Waals surface area contributed by atoms with Crippen molar-refractivity contribution < 1.29 is 41.0 Å². The number of aliphatic carboxylic acids is 1. The number of nitrogens with zero attached hydrogens (tertiary/aromatic N) is 6. The highest BCUT2D eigenvalue weighted by Crippen LogP contribution is 2.39. The summed E-state index contributed by atoms with van der Waals surface area (Å²) in [5.74, 6) is -1.37. The highest BCUT2D eigenvalue weighted by molar-refractivity contribution is 6.36. The Morgan fingerprint density at radius 1 is 0.979 bits per heavy atom. The summed E-state index contributed by atoms with van der Waals surface area (Å²) in [5, 5.41) is 13.0. The molecule has 5 heterocycles. The molecule has 0 bridgehead atoms. The lowest BCUT2D eigenvalue weighted by atomic mass is 9.93. The topological polar surface area (TPSA) is 138 Å². The van der Waals surface area contributed by atoms with Crippen LogP contribution in [0.25, 0.3) is 11.6 Å². The van der Waals surface area contributed by atoms with E-state index in [2.05, 4.69) is 30.5 Å². The number of amides is 1. The first-order valence-electron chi connectivity index (χ1n) is 13.7. The molecule has 11 nitrogen and oxygen atoms in total. The molecule has 6 rings (SSSR count). The summed E-state index contributed by atoms with van der Waals surface area (Å²) >= 11 is 0. The van der Waals surface area contributed by atoms with E-state index in [4.69, 9.17) is 14.9 Å². The minimum atomic E-state index is -5.08. The average molecular weight is 659 g/mol. The third-order valence-electron chi connectivity index (χ3n) is 6.99. The van der Waals surface area contributed by atoms with Gasteiger partial charge >= 0.3 is 18.3 Å². The van der Waals surface area contributed by atoms with Crippen molar-refractivity contribution in [1.82, 2.24) is 19.5 Å². The highest BCUT2D eigenvalue weighted by Gasteiger charge is 2.38. The number of hydrogen-bond acceptors (Lipinski definition) is 8. The molecule has 17 heteroatoms. The zero-order valence-electron chi connectivity index (χ0n) is 24.5. The molecule has 2 aliphatic rings. The summed E-state index contributed by atoms with van der Waals surface area (Å²) in [6, 6.07) is 8.87. The number of rotatable bonds is 5. The van der Waals surface area contributed by atoms with Gasteiger partial charge in [0.1, 0.15) is 17.3 Å². The van der Waals surface area contributed by atoms with Gasteiger partial charge in [-0.15, -0.1) is 0 Å². The normalized spacial score (nSPS) is 13.8. The van der Waals surface area contributed by atoms with Crippen LogP contribution in [0.3, 0.4) is 0 Å². The van der Waals surface area contributed by atoms with Crippen LogP contribution >= 0.6 is 0 Å². The molecule has 1 amide bonds. The molecule has 1 aromatic carbocycles. The Hall–Kier alpha value is -5.74. The number of carbonyl (C=O) groups is 2. The summed E-state index contributed by atoms with van der Waals surface area (Å²) in [7, 11) is 1.89. The molecule has 0 unspecified atom stereocenters. The lowest BCUT2D eigenvalue weighted by Gasteiger charge is -2.29. The number of hydrogen-bond donors (Lipinski definition) is 3. The monoisotopic (exact) mass is 658 g/mol. The van der Waals surface area contributed by atoms with E-state index in [0.717, 1.165) is 52.1 Å². The highest BCUT2D eigenvalue weighted by atomic mass is 19.4. The van der Waals surface area contributed by atoms with Crippen LogP contribution in [0.5, 0.6) is 0 Å². The van der Waals surface area contributed by atoms with Gasteiger partial charge in [-0.2, -0.15) is 26.3 Å². The van der Waals surface area contributed by atoms with E-state index in [9.17, 15) is 31.1 Å². The van der Waals surface area contributed by atoms with Gasteiger partial charge in [0.05, 0.1) is 17.8 Å². The Kier molecular flexibility index (Phi) is 8.73. The molecule has 47 heavy (non-hydrogen) atoms. The van der Waals surface area contributed by atoms with Crippen molar-refractivity contribution in [2.24, 2.45) is 12.0 Å². The summed E-state index contributed by atoms with van der Waals surface area (Å²) in [5.41, 5.74) is 3.68. The number of pyridine rings is 2. The smallest absolute Gasteiger partial charge is 0.475 e. The molecule has 3 aromatic heterocycles. The Morgan fingerprint density at radius 2 is 1.72 bits per heavy atom. The number of imidazole rings is 1. The maximum Gasteiger partial charge on any atom is 0.490 e. The van der Waals surface area contributed by atoms with E-state index in [1.807, 2.05) is 42.9 Å². The zero-order chi connectivity index (χ0) is 34.1. The first-order chi connectivity index (χ1) is 22.1. The van der Waals surface area contributed by atoms with E-state index in [0.29, 0.717) is 30.5 Å². The van der Waals surface area contributed by atoms with Gasteiger partial charge in [-0.1, -0.05) is 6.07 Å². The van der Waals surface area contributed by atoms with Crippen LogP contribution in [0.4, 0.5) is 49.5 Å². The number of anilines is 4. The molecule has 4 aromatic rings. The lowest BCUT2D eigenvalue weighted by Crippen LogP contribution is -2.31. The second-order valence-electron chi connectivity index (χ2n) is 10.2. The number of halogens is 6. The number of benzene rings is 1. The second-order valence-corrected chi connectivity index (χ2v) is 10.2. The molecule has 0 aliphatic carbocycles. The Bertz CT molecular complexity index is 1920. The second kappa shape index (κ2) is 12.6. The zero-order valence-corrected chi connectivity index (χ0v) is 24.5. The van der Waals surface area contributed by atoms with Crippen molar-refractivity contribution in [3.63, 3.8) is 0 Å². The van der Waals surface area contributed by atoms with Crippen LogP contribution in [0, 0.1) is 6.92 Å². The number of carboxylic acids is 1. The van der Waals surface area contributed by atoms with Crippen LogP contribution in [0.15, 0.2) is 66.2 Å². The first kappa shape index (κ1) is 32.6. The van der Waals surface area contributed by atoms with E-state index in [1.165, 1.54) is 0 Å². The Balaban J connectivity index is 0.000000559. The predicted octanol–water partition coefficient (Wildman–Crippen LogP) is 5.94. The number of carbonyl (C=O) groups excluding carboxylic acids is 1. The molecule has 0 saturated heterocycles. The van der Waals surface area contributed by atoms with E-state index in [-0.39, 0.29) is 5.69 Å². The van der Waals surface area contributed by atoms with Gasteiger partial charge in [0.25, 0.3) is 5.91 Å². The SMILES string of the molecule is Cc1ccc(NC(=O)c2cc(C(F)(F)F)ccn2)cc1C1=Cc2cnc(Nc3nccn3C)cc2N2CCN=C12.O=C(O)C(F)(F)F. The van der Waals surface area contributed by atoms with Crippen molar-refractivity contribution in [3.8, 4) is 0 Å². The van der Waals surface area contributed by atoms with Crippen LogP contribution < -0.4 is 15.5 Å². The number of alkyl halides is 6. The average Bonchev–Trinajstić information content (AvgIpc) is 3.67. The van der Waals surface area contributed by atoms with Crippen molar-refractivity contribution in [2.45, 2.75) is 19.3 Å². The maximum absolute atomic E-state index is 13.1. The van der Waals surface area contributed by atoms with E-state index < -0.39 is 29.8 Å². The number of amidine groups is 1. The number of aryl methyl sites for hydroxylation is 2. The largest absolute Gasteiger partial charge is 0.490 e. The molecule has 2 aliphatic heterocycles. The quantitative estimate of drug-likeness (QED) is 0.224.